The number of methoxy groups -OCH3 is 1. The van der Waals surface area contributed by atoms with Gasteiger partial charge >= 0.3 is 0 Å². The molecule has 4 N–H and O–H groups in total. The smallest absolute Gasteiger partial charge is 0.147 e. The van der Waals surface area contributed by atoms with E-state index in [1.54, 1.807) is 7.11 Å². The van der Waals surface area contributed by atoms with Gasteiger partial charge in [0.2, 0.25) is 0 Å². The van der Waals surface area contributed by atoms with E-state index in [0.717, 1.165) is 18.4 Å². The predicted molar refractivity (Wildman–Crippen MR) is 93.2 cm³/mol. The lowest BCUT2D eigenvalue weighted by Gasteiger charge is -2.13. The Balaban J connectivity index is 1.83. The molecule has 0 aliphatic carbocycles. The zero-order chi connectivity index (χ0) is 15.5. The molecule has 0 aliphatic rings. The van der Waals surface area contributed by atoms with E-state index in [-0.39, 0.29) is 0 Å². The molecule has 0 saturated carbocycles. The van der Waals surface area contributed by atoms with Crippen LogP contribution in [-0.2, 0) is 12.8 Å². The van der Waals surface area contributed by atoms with E-state index in [2.05, 4.69) is 42.5 Å². The van der Waals surface area contributed by atoms with Crippen molar-refractivity contribution in [3.8, 4) is 5.75 Å². The lowest BCUT2D eigenvalue weighted by Crippen LogP contribution is -2.02. The Labute approximate surface area is 130 Å². The van der Waals surface area contributed by atoms with Gasteiger partial charge in [-0.15, -0.1) is 0 Å². The van der Waals surface area contributed by atoms with E-state index in [0.29, 0.717) is 17.1 Å². The first-order valence-corrected chi connectivity index (χ1v) is 7.37. The fourth-order valence-electron chi connectivity index (χ4n) is 2.77. The standard InChI is InChI=1S/C19H20N2O/c1-22-19-15(10-11-17(20)18(19)21)9-7-13-6-8-14-4-2-3-5-16(14)12-13/h2-6,8,10-12H,7,9,20-21H2,1H3. The maximum Gasteiger partial charge on any atom is 0.147 e. The number of anilines is 2. The SMILES string of the molecule is COc1c(CCc2ccc3ccccc3c2)ccc(N)c1N. The summed E-state index contributed by atoms with van der Waals surface area (Å²) in [5, 5.41) is 2.53. The normalized spacial score (nSPS) is 10.8. The molecule has 0 atom stereocenters. The highest BCUT2D eigenvalue weighted by molar-refractivity contribution is 5.83. The molecule has 0 saturated heterocycles. The van der Waals surface area contributed by atoms with Crippen molar-refractivity contribution in [2.24, 2.45) is 0 Å². The number of aryl methyl sites for hydroxylation is 2. The second kappa shape index (κ2) is 5.98. The van der Waals surface area contributed by atoms with Gasteiger partial charge in [-0.2, -0.15) is 0 Å². The van der Waals surface area contributed by atoms with E-state index in [1.165, 1.54) is 16.3 Å². The molecule has 0 radical (unpaired) electrons. The molecule has 0 spiro atoms. The van der Waals surface area contributed by atoms with E-state index in [4.69, 9.17) is 16.2 Å². The summed E-state index contributed by atoms with van der Waals surface area (Å²) in [4.78, 5) is 0. The van der Waals surface area contributed by atoms with Gasteiger partial charge in [-0.05, 0) is 40.8 Å². The molecule has 0 fully saturated rings. The van der Waals surface area contributed by atoms with Crippen LogP contribution in [0.2, 0.25) is 0 Å². The van der Waals surface area contributed by atoms with Gasteiger partial charge in [-0.25, -0.2) is 0 Å². The highest BCUT2D eigenvalue weighted by atomic mass is 16.5. The Kier molecular flexibility index (Phi) is 3.88. The van der Waals surface area contributed by atoms with Crippen molar-refractivity contribution in [3.05, 3.63) is 65.7 Å². The zero-order valence-corrected chi connectivity index (χ0v) is 12.7. The Morgan fingerprint density at radius 2 is 1.64 bits per heavy atom. The van der Waals surface area contributed by atoms with Gasteiger partial charge in [0.05, 0.1) is 18.5 Å². The first kappa shape index (κ1) is 14.3. The molecule has 3 nitrogen and oxygen atoms in total. The summed E-state index contributed by atoms with van der Waals surface area (Å²) < 4.78 is 5.41. The second-order valence-corrected chi connectivity index (χ2v) is 5.44. The topological polar surface area (TPSA) is 61.3 Å². The van der Waals surface area contributed by atoms with Gasteiger partial charge in [-0.1, -0.05) is 48.5 Å². The minimum atomic E-state index is 0.526. The number of hydrogen-bond donors (Lipinski definition) is 2. The molecule has 3 aromatic carbocycles. The van der Waals surface area contributed by atoms with Crippen LogP contribution in [-0.4, -0.2) is 7.11 Å². The number of ether oxygens (including phenoxy) is 1. The minimum Gasteiger partial charge on any atom is -0.494 e. The first-order chi connectivity index (χ1) is 10.7. The monoisotopic (exact) mass is 292 g/mol. The third kappa shape index (κ3) is 2.70. The van der Waals surface area contributed by atoms with Gasteiger partial charge < -0.3 is 16.2 Å². The van der Waals surface area contributed by atoms with Crippen molar-refractivity contribution >= 4 is 22.1 Å². The van der Waals surface area contributed by atoms with Crippen LogP contribution in [0.25, 0.3) is 10.8 Å². The summed E-state index contributed by atoms with van der Waals surface area (Å²) in [5.74, 6) is 0.695. The van der Waals surface area contributed by atoms with Crippen LogP contribution >= 0.6 is 0 Å². The maximum absolute atomic E-state index is 5.99. The second-order valence-electron chi connectivity index (χ2n) is 5.44. The molecule has 0 aliphatic heterocycles. The Bertz CT molecular complexity index is 812. The van der Waals surface area contributed by atoms with Crippen molar-refractivity contribution in [2.45, 2.75) is 12.8 Å². The van der Waals surface area contributed by atoms with Crippen LogP contribution in [0.5, 0.6) is 5.75 Å². The molecule has 3 rings (SSSR count). The van der Waals surface area contributed by atoms with Crippen LogP contribution in [0.15, 0.2) is 54.6 Å². The largest absolute Gasteiger partial charge is 0.494 e. The predicted octanol–water partition coefficient (Wildman–Crippen LogP) is 3.80. The summed E-state index contributed by atoms with van der Waals surface area (Å²) >= 11 is 0. The maximum atomic E-state index is 5.99. The number of nitrogens with two attached hydrogens (primary N) is 2. The third-order valence-electron chi connectivity index (χ3n) is 4.01. The lowest BCUT2D eigenvalue weighted by atomic mass is 10.00. The molecular weight excluding hydrogens is 272 g/mol. The van der Waals surface area contributed by atoms with Crippen LogP contribution in [0.4, 0.5) is 11.4 Å². The van der Waals surface area contributed by atoms with Gasteiger partial charge in [0.15, 0.2) is 0 Å². The summed E-state index contributed by atoms with van der Waals surface area (Å²) in [6.07, 6.45) is 1.80. The fraction of sp³-hybridized carbons (Fsp3) is 0.158. The quantitative estimate of drug-likeness (QED) is 0.719. The van der Waals surface area contributed by atoms with Gasteiger partial charge in [0.1, 0.15) is 5.75 Å². The van der Waals surface area contributed by atoms with Crippen LogP contribution in [0.1, 0.15) is 11.1 Å². The molecular formula is C19H20N2O. The van der Waals surface area contributed by atoms with Crippen LogP contribution in [0.3, 0.4) is 0 Å². The van der Waals surface area contributed by atoms with E-state index >= 15 is 0 Å². The lowest BCUT2D eigenvalue weighted by molar-refractivity contribution is 0.412. The molecule has 0 heterocycles. The third-order valence-corrected chi connectivity index (χ3v) is 4.01. The number of nitrogen functional groups attached to an aromatic ring is 2. The van der Waals surface area contributed by atoms with Crippen LogP contribution < -0.4 is 16.2 Å². The fourth-order valence-corrected chi connectivity index (χ4v) is 2.77. The molecule has 3 aromatic rings. The average molecular weight is 292 g/mol. The average Bonchev–Trinajstić information content (AvgIpc) is 2.55. The van der Waals surface area contributed by atoms with Gasteiger partial charge in [0, 0.05) is 0 Å². The highest BCUT2D eigenvalue weighted by Crippen LogP contribution is 2.32. The molecule has 0 aromatic heterocycles. The van der Waals surface area contributed by atoms with E-state index in [9.17, 15) is 0 Å². The van der Waals surface area contributed by atoms with Gasteiger partial charge in [0.25, 0.3) is 0 Å². The van der Waals surface area contributed by atoms with E-state index < -0.39 is 0 Å². The zero-order valence-electron chi connectivity index (χ0n) is 12.7. The molecule has 112 valence electrons. The summed E-state index contributed by atoms with van der Waals surface area (Å²) in [6, 6.07) is 18.8. The molecule has 3 heteroatoms. The summed E-state index contributed by atoms with van der Waals surface area (Å²) in [6.45, 7) is 0. The number of rotatable bonds is 4. The van der Waals surface area contributed by atoms with Crippen molar-refractivity contribution in [3.63, 3.8) is 0 Å². The van der Waals surface area contributed by atoms with Gasteiger partial charge in [-0.3, -0.25) is 0 Å². The first-order valence-electron chi connectivity index (χ1n) is 7.37. The number of hydrogen-bond acceptors (Lipinski definition) is 3. The summed E-state index contributed by atoms with van der Waals surface area (Å²) in [5.41, 5.74) is 15.3. The van der Waals surface area contributed by atoms with E-state index in [1.807, 2.05) is 12.1 Å². The van der Waals surface area contributed by atoms with Crippen LogP contribution in [0, 0.1) is 0 Å². The van der Waals surface area contributed by atoms with Crippen molar-refractivity contribution in [1.82, 2.24) is 0 Å². The van der Waals surface area contributed by atoms with Crippen molar-refractivity contribution in [2.75, 3.05) is 18.6 Å². The Morgan fingerprint density at radius 1 is 0.864 bits per heavy atom. The number of benzene rings is 3. The van der Waals surface area contributed by atoms with Crippen molar-refractivity contribution < 1.29 is 4.74 Å². The molecule has 22 heavy (non-hydrogen) atoms. The molecule has 0 unspecified atom stereocenters. The molecule has 0 amide bonds. The minimum absolute atomic E-state index is 0.526. The number of fused-ring (bicyclic) bond motifs is 1. The summed E-state index contributed by atoms with van der Waals surface area (Å²) in [7, 11) is 1.63. The highest BCUT2D eigenvalue weighted by Gasteiger charge is 2.10. The Hall–Kier alpha value is -2.68. The van der Waals surface area contributed by atoms with Crippen molar-refractivity contribution in [1.29, 1.82) is 0 Å². The Morgan fingerprint density at radius 3 is 2.41 bits per heavy atom. The molecule has 0 bridgehead atoms.